The highest BCUT2D eigenvalue weighted by atomic mass is 35.5. The Morgan fingerprint density at radius 1 is 1.67 bits per heavy atom. The van der Waals surface area contributed by atoms with Gasteiger partial charge in [-0.25, -0.2) is 9.67 Å². The Balaban J connectivity index is 2.54. The molecule has 2 rings (SSSR count). The van der Waals surface area contributed by atoms with E-state index in [4.69, 9.17) is 11.6 Å². The van der Waals surface area contributed by atoms with Crippen LogP contribution in [0.4, 0.5) is 5.82 Å². The molecule has 0 fully saturated rings. The second kappa shape index (κ2) is 2.71. The summed E-state index contributed by atoms with van der Waals surface area (Å²) in [4.78, 5) is 14.9. The van der Waals surface area contributed by atoms with Gasteiger partial charge < -0.3 is 0 Å². The number of carbonyl (C=O) groups excluding carboxylic acids is 1. The van der Waals surface area contributed by atoms with E-state index in [0.717, 1.165) is 13.0 Å². The zero-order chi connectivity index (χ0) is 8.55. The minimum Gasteiger partial charge on any atom is -0.275 e. The summed E-state index contributed by atoms with van der Waals surface area (Å²) in [7, 11) is 0. The van der Waals surface area contributed by atoms with Crippen molar-refractivity contribution in [3.05, 3.63) is 11.8 Å². The van der Waals surface area contributed by atoms with Gasteiger partial charge in [-0.05, 0) is 11.6 Å². The van der Waals surface area contributed by atoms with E-state index < -0.39 is 5.24 Å². The summed E-state index contributed by atoms with van der Waals surface area (Å²) in [5, 5.41) is 3.47. The highest BCUT2D eigenvalue weighted by molar-refractivity contribution is 6.68. The van der Waals surface area contributed by atoms with E-state index >= 15 is 0 Å². The molecule has 1 aromatic heterocycles. The first-order valence-corrected chi connectivity index (χ1v) is 3.95. The van der Waals surface area contributed by atoms with Crippen LogP contribution in [-0.4, -0.2) is 21.2 Å². The molecule has 62 valence electrons. The second-order valence-electron chi connectivity index (χ2n) is 2.48. The molecular formula is C7H6ClN3O. The summed E-state index contributed by atoms with van der Waals surface area (Å²) >= 11 is 5.32. The number of carbonyl (C=O) groups is 1. The van der Waals surface area contributed by atoms with E-state index in [0.29, 0.717) is 11.4 Å². The Morgan fingerprint density at radius 2 is 2.50 bits per heavy atom. The van der Waals surface area contributed by atoms with Crippen molar-refractivity contribution in [1.82, 2.24) is 9.78 Å². The zero-order valence-electron chi connectivity index (χ0n) is 6.20. The fraction of sp³-hybridized carbons (Fsp3) is 0.286. The van der Waals surface area contributed by atoms with Crippen LogP contribution < -0.4 is 0 Å². The highest BCUT2D eigenvalue weighted by Gasteiger charge is 2.16. The normalized spacial score (nSPS) is 14.4. The zero-order valence-corrected chi connectivity index (χ0v) is 6.95. The van der Waals surface area contributed by atoms with Crippen LogP contribution in [0, 0.1) is 0 Å². The molecule has 2 heterocycles. The molecule has 0 bridgehead atoms. The topological polar surface area (TPSA) is 47.2 Å². The molecule has 0 unspecified atom stereocenters. The van der Waals surface area contributed by atoms with Crippen molar-refractivity contribution < 1.29 is 4.79 Å². The van der Waals surface area contributed by atoms with Crippen LogP contribution >= 0.6 is 11.6 Å². The minimum absolute atomic E-state index is 0.382. The SMILES string of the molecule is O=C(Cl)c1cnn2c1N=CCC2. The van der Waals surface area contributed by atoms with Crippen LogP contribution in [0.25, 0.3) is 0 Å². The standard InChI is InChI=1S/C7H6ClN3O/c8-6(12)5-4-10-11-3-1-2-9-7(5)11/h2,4H,1,3H2. The van der Waals surface area contributed by atoms with E-state index in [9.17, 15) is 4.79 Å². The highest BCUT2D eigenvalue weighted by Crippen LogP contribution is 2.22. The van der Waals surface area contributed by atoms with Gasteiger partial charge in [0.1, 0.15) is 0 Å². The molecular weight excluding hydrogens is 178 g/mol. The maximum Gasteiger partial charge on any atom is 0.257 e. The average molecular weight is 184 g/mol. The Hall–Kier alpha value is -1.16. The third-order valence-corrected chi connectivity index (χ3v) is 1.91. The summed E-state index contributed by atoms with van der Waals surface area (Å²) in [6.07, 6.45) is 4.07. The molecule has 0 atom stereocenters. The summed E-state index contributed by atoms with van der Waals surface area (Å²) in [5.74, 6) is 0.571. The molecule has 0 N–H and O–H groups in total. The van der Waals surface area contributed by atoms with Crippen LogP contribution in [0.2, 0.25) is 0 Å². The molecule has 1 aromatic rings. The predicted molar refractivity (Wildman–Crippen MR) is 45.2 cm³/mol. The largest absolute Gasteiger partial charge is 0.275 e. The van der Waals surface area contributed by atoms with Gasteiger partial charge >= 0.3 is 0 Å². The number of aliphatic imine (C=N–C) groups is 1. The molecule has 0 radical (unpaired) electrons. The molecule has 0 aliphatic carbocycles. The molecule has 4 nitrogen and oxygen atoms in total. The van der Waals surface area contributed by atoms with Gasteiger partial charge in [0.05, 0.1) is 11.8 Å². The number of hydrogen-bond donors (Lipinski definition) is 0. The van der Waals surface area contributed by atoms with Crippen molar-refractivity contribution in [2.45, 2.75) is 13.0 Å². The molecule has 0 spiro atoms. The van der Waals surface area contributed by atoms with E-state index in [1.165, 1.54) is 6.20 Å². The second-order valence-corrected chi connectivity index (χ2v) is 2.82. The molecule has 0 saturated heterocycles. The van der Waals surface area contributed by atoms with E-state index in [1.54, 1.807) is 10.9 Å². The smallest absolute Gasteiger partial charge is 0.257 e. The summed E-state index contributed by atoms with van der Waals surface area (Å²) in [6.45, 7) is 0.767. The number of fused-ring (bicyclic) bond motifs is 1. The van der Waals surface area contributed by atoms with E-state index in [1.807, 2.05) is 0 Å². The van der Waals surface area contributed by atoms with Crippen LogP contribution in [0.3, 0.4) is 0 Å². The lowest BCUT2D eigenvalue weighted by Gasteiger charge is -2.06. The maximum absolute atomic E-state index is 10.8. The fourth-order valence-corrected chi connectivity index (χ4v) is 1.28. The molecule has 0 aromatic carbocycles. The van der Waals surface area contributed by atoms with Gasteiger partial charge in [-0.1, -0.05) is 0 Å². The first kappa shape index (κ1) is 7.49. The predicted octanol–water partition coefficient (Wildman–Crippen LogP) is 1.37. The van der Waals surface area contributed by atoms with Crippen LogP contribution in [0.5, 0.6) is 0 Å². The monoisotopic (exact) mass is 183 g/mol. The minimum atomic E-state index is -0.504. The average Bonchev–Trinajstić information content (AvgIpc) is 2.47. The van der Waals surface area contributed by atoms with Crippen LogP contribution in [0.1, 0.15) is 16.8 Å². The third-order valence-electron chi connectivity index (χ3n) is 1.71. The Labute approximate surface area is 73.9 Å². The third kappa shape index (κ3) is 1.04. The summed E-state index contributed by atoms with van der Waals surface area (Å²) in [5.41, 5.74) is 0.382. The van der Waals surface area contributed by atoms with Gasteiger partial charge in [0.15, 0.2) is 5.82 Å². The number of aromatic nitrogens is 2. The lowest BCUT2D eigenvalue weighted by atomic mass is 10.3. The molecule has 1 aliphatic rings. The summed E-state index contributed by atoms with van der Waals surface area (Å²) in [6, 6.07) is 0. The van der Waals surface area contributed by atoms with Gasteiger partial charge in [0.2, 0.25) is 0 Å². The number of rotatable bonds is 1. The van der Waals surface area contributed by atoms with Crippen molar-refractivity contribution >= 4 is 28.9 Å². The number of hydrogen-bond acceptors (Lipinski definition) is 3. The van der Waals surface area contributed by atoms with Crippen molar-refractivity contribution in [2.24, 2.45) is 4.99 Å². The lowest BCUT2D eigenvalue weighted by molar-refractivity contribution is 0.108. The molecule has 1 aliphatic heterocycles. The molecule has 0 saturated carbocycles. The molecule has 5 heteroatoms. The fourth-order valence-electron chi connectivity index (χ4n) is 1.15. The first-order valence-electron chi connectivity index (χ1n) is 3.57. The van der Waals surface area contributed by atoms with Gasteiger partial charge in [-0.2, -0.15) is 5.10 Å². The number of aryl methyl sites for hydroxylation is 1. The van der Waals surface area contributed by atoms with Crippen molar-refractivity contribution in [2.75, 3.05) is 0 Å². The first-order chi connectivity index (χ1) is 5.79. The van der Waals surface area contributed by atoms with Gasteiger partial charge in [-0.15, -0.1) is 0 Å². The van der Waals surface area contributed by atoms with Crippen molar-refractivity contribution in [3.8, 4) is 0 Å². The number of nitrogens with zero attached hydrogens (tertiary/aromatic N) is 3. The Bertz CT molecular complexity index is 356. The molecule has 12 heavy (non-hydrogen) atoms. The van der Waals surface area contributed by atoms with Gasteiger partial charge in [-0.3, -0.25) is 4.79 Å². The quantitative estimate of drug-likeness (QED) is 0.618. The number of halogens is 1. The van der Waals surface area contributed by atoms with Crippen molar-refractivity contribution in [3.63, 3.8) is 0 Å². The lowest BCUT2D eigenvalue weighted by Crippen LogP contribution is -2.04. The van der Waals surface area contributed by atoms with E-state index in [2.05, 4.69) is 10.1 Å². The van der Waals surface area contributed by atoms with E-state index in [-0.39, 0.29) is 0 Å². The van der Waals surface area contributed by atoms with Crippen molar-refractivity contribution in [1.29, 1.82) is 0 Å². The van der Waals surface area contributed by atoms with Crippen LogP contribution in [0.15, 0.2) is 11.2 Å². The Morgan fingerprint density at radius 3 is 3.25 bits per heavy atom. The molecule has 0 amide bonds. The van der Waals surface area contributed by atoms with Crippen LogP contribution in [-0.2, 0) is 6.54 Å². The Kier molecular flexibility index (Phi) is 1.69. The maximum atomic E-state index is 10.8. The van der Waals surface area contributed by atoms with Gasteiger partial charge in [0, 0.05) is 19.2 Å². The van der Waals surface area contributed by atoms with Gasteiger partial charge in [0.25, 0.3) is 5.24 Å². The summed E-state index contributed by atoms with van der Waals surface area (Å²) < 4.78 is 1.68.